The molecule has 0 saturated heterocycles. The van der Waals surface area contributed by atoms with Crippen LogP contribution in [0.3, 0.4) is 0 Å². The molecule has 0 N–H and O–H groups in total. The van der Waals surface area contributed by atoms with Gasteiger partial charge in [-0.05, 0) is 12.8 Å². The van der Waals surface area contributed by atoms with Gasteiger partial charge in [-0.3, -0.25) is 0 Å². The number of hydrogen-bond donors (Lipinski definition) is 0. The van der Waals surface area contributed by atoms with Gasteiger partial charge < -0.3 is 4.52 Å². The van der Waals surface area contributed by atoms with Crippen LogP contribution in [0.15, 0.2) is 27.0 Å². The first-order valence-electron chi connectivity index (χ1n) is 6.59. The highest BCUT2D eigenvalue weighted by Gasteiger charge is 2.30. The molecule has 2 aromatic heterocycles. The Kier molecular flexibility index (Phi) is 4.23. The summed E-state index contributed by atoms with van der Waals surface area (Å²) in [7, 11) is -3.96. The van der Waals surface area contributed by atoms with E-state index >= 15 is 0 Å². The molecule has 6 nitrogen and oxygen atoms in total. The van der Waals surface area contributed by atoms with Crippen LogP contribution in [0, 0.1) is 0 Å². The molecule has 0 bridgehead atoms. The van der Waals surface area contributed by atoms with Crippen LogP contribution in [-0.2, 0) is 9.84 Å². The Bertz CT molecular complexity index is 852. The Morgan fingerprint density at radius 3 is 2.74 bits per heavy atom. The number of hydrogen-bond acceptors (Lipinski definition) is 7. The molecule has 0 amide bonds. The lowest BCUT2D eigenvalue weighted by Crippen LogP contribution is -2.06. The van der Waals surface area contributed by atoms with Crippen molar-refractivity contribution in [1.29, 1.82) is 0 Å². The zero-order valence-corrected chi connectivity index (χ0v) is 13.1. The van der Waals surface area contributed by atoms with Crippen molar-refractivity contribution in [3.8, 4) is 10.7 Å². The summed E-state index contributed by atoms with van der Waals surface area (Å²) in [5.74, 6) is -1.53. The molecule has 1 aliphatic rings. The molecule has 0 aliphatic heterocycles. The normalized spacial score (nSPS) is 14.9. The minimum Gasteiger partial charge on any atom is -0.339 e. The molecule has 2 heterocycles. The van der Waals surface area contributed by atoms with Crippen LogP contribution < -0.4 is 0 Å². The maximum absolute atomic E-state index is 12.7. The monoisotopic (exact) mass is 365 g/mol. The summed E-state index contributed by atoms with van der Waals surface area (Å²) >= 11 is 0.788. The van der Waals surface area contributed by atoms with E-state index in [2.05, 4.69) is 15.1 Å². The minimum atomic E-state index is -3.96. The molecule has 0 radical (unpaired) electrons. The molecule has 1 aliphatic carbocycles. The number of nitrogens with zero attached hydrogens (tertiary/aromatic N) is 3. The summed E-state index contributed by atoms with van der Waals surface area (Å²) in [5, 5.41) is 3.76. The Morgan fingerprint density at radius 2 is 2.09 bits per heavy atom. The molecule has 1 fully saturated rings. The zero-order chi connectivity index (χ0) is 16.6. The van der Waals surface area contributed by atoms with Crippen LogP contribution in [-0.4, -0.2) is 29.3 Å². The number of allylic oxidation sites excluding steroid dienone is 1. The standard InChI is InChI=1S/C12H10F3N3O3S2/c13-7(9(14)15)3-4-23(19,20)12-16-5-8(22-12)10-17-11(21-18-10)6-1-2-6/h5-6H,1-4H2. The van der Waals surface area contributed by atoms with Gasteiger partial charge in [0, 0.05) is 12.3 Å². The van der Waals surface area contributed by atoms with E-state index in [1.54, 1.807) is 0 Å². The maximum atomic E-state index is 12.7. The molecule has 23 heavy (non-hydrogen) atoms. The number of rotatable bonds is 6. The summed E-state index contributed by atoms with van der Waals surface area (Å²) in [5.41, 5.74) is 0. The van der Waals surface area contributed by atoms with Gasteiger partial charge in [0.05, 0.1) is 16.8 Å². The van der Waals surface area contributed by atoms with Crippen LogP contribution in [0.4, 0.5) is 13.2 Å². The third kappa shape index (κ3) is 3.61. The van der Waals surface area contributed by atoms with Crippen molar-refractivity contribution in [3.05, 3.63) is 24.0 Å². The zero-order valence-electron chi connectivity index (χ0n) is 11.5. The van der Waals surface area contributed by atoms with Gasteiger partial charge in [-0.15, -0.1) is 0 Å². The van der Waals surface area contributed by atoms with Crippen LogP contribution in [0.1, 0.15) is 31.1 Å². The van der Waals surface area contributed by atoms with Crippen LogP contribution in [0.2, 0.25) is 0 Å². The molecule has 3 rings (SSSR count). The molecule has 11 heteroatoms. The first-order chi connectivity index (χ1) is 10.9. The lowest BCUT2D eigenvalue weighted by atomic mass is 10.4. The molecular weight excluding hydrogens is 355 g/mol. The van der Waals surface area contributed by atoms with Crippen LogP contribution >= 0.6 is 11.3 Å². The van der Waals surface area contributed by atoms with Crippen molar-refractivity contribution in [3.63, 3.8) is 0 Å². The third-order valence-corrected chi connectivity index (χ3v) is 6.31. The average molecular weight is 365 g/mol. The van der Waals surface area contributed by atoms with Gasteiger partial charge in [-0.25, -0.2) is 17.8 Å². The lowest BCUT2D eigenvalue weighted by molar-refractivity contribution is 0.373. The molecule has 124 valence electrons. The van der Waals surface area contributed by atoms with Gasteiger partial charge >= 0.3 is 6.08 Å². The van der Waals surface area contributed by atoms with Crippen LogP contribution in [0.5, 0.6) is 0 Å². The SMILES string of the molecule is O=S(=O)(CCC(F)=C(F)F)c1ncc(-c2noc(C3CC3)n2)s1. The largest absolute Gasteiger partial charge is 0.339 e. The van der Waals surface area contributed by atoms with Crippen molar-refractivity contribution in [1.82, 2.24) is 15.1 Å². The fraction of sp³-hybridized carbons (Fsp3) is 0.417. The fourth-order valence-electron chi connectivity index (χ4n) is 1.74. The van der Waals surface area contributed by atoms with E-state index in [0.29, 0.717) is 10.8 Å². The molecular formula is C12H10F3N3O3S2. The molecule has 1 saturated carbocycles. The van der Waals surface area contributed by atoms with Crippen molar-refractivity contribution in [2.45, 2.75) is 29.5 Å². The fourth-order valence-corrected chi connectivity index (χ4v) is 4.18. The summed E-state index contributed by atoms with van der Waals surface area (Å²) in [6, 6.07) is 0. The van der Waals surface area contributed by atoms with E-state index in [1.807, 2.05) is 0 Å². The highest BCUT2D eigenvalue weighted by molar-refractivity contribution is 7.93. The van der Waals surface area contributed by atoms with Crippen molar-refractivity contribution in [2.75, 3.05) is 5.75 Å². The van der Waals surface area contributed by atoms with E-state index in [0.717, 1.165) is 24.2 Å². The molecule has 0 aromatic carbocycles. The highest BCUT2D eigenvalue weighted by atomic mass is 32.2. The summed E-state index contributed by atoms with van der Waals surface area (Å²) in [4.78, 5) is 8.29. The molecule has 2 aromatic rings. The van der Waals surface area contributed by atoms with Crippen molar-refractivity contribution in [2.24, 2.45) is 0 Å². The van der Waals surface area contributed by atoms with Crippen molar-refractivity contribution < 1.29 is 26.1 Å². The van der Waals surface area contributed by atoms with Gasteiger partial charge in [-0.2, -0.15) is 13.8 Å². The second-order valence-electron chi connectivity index (χ2n) is 4.96. The predicted molar refractivity (Wildman–Crippen MR) is 74.4 cm³/mol. The van der Waals surface area contributed by atoms with E-state index in [9.17, 15) is 21.6 Å². The lowest BCUT2D eigenvalue weighted by Gasteiger charge is -1.98. The van der Waals surface area contributed by atoms with Gasteiger partial charge in [0.25, 0.3) is 0 Å². The van der Waals surface area contributed by atoms with Gasteiger partial charge in [0.2, 0.25) is 25.9 Å². The minimum absolute atomic E-state index is 0.228. The van der Waals surface area contributed by atoms with Gasteiger partial charge in [-0.1, -0.05) is 16.5 Å². The number of thiazole rings is 1. The molecule has 0 spiro atoms. The highest BCUT2D eigenvalue weighted by Crippen LogP contribution is 2.40. The summed E-state index contributed by atoms with van der Waals surface area (Å²) in [6.45, 7) is 0. The summed E-state index contributed by atoms with van der Waals surface area (Å²) in [6.07, 6.45) is -0.184. The second-order valence-corrected chi connectivity index (χ2v) is 8.27. The van der Waals surface area contributed by atoms with E-state index in [4.69, 9.17) is 4.52 Å². The maximum Gasteiger partial charge on any atom is 0.301 e. The molecule has 0 unspecified atom stereocenters. The van der Waals surface area contributed by atoms with Gasteiger partial charge in [0.15, 0.2) is 5.83 Å². The number of aromatic nitrogens is 3. The van der Waals surface area contributed by atoms with Crippen LogP contribution in [0.25, 0.3) is 10.7 Å². The van der Waals surface area contributed by atoms with E-state index in [-0.39, 0.29) is 16.1 Å². The topological polar surface area (TPSA) is 86.0 Å². The smallest absolute Gasteiger partial charge is 0.301 e. The number of halogens is 3. The molecule has 0 atom stereocenters. The van der Waals surface area contributed by atoms with E-state index in [1.165, 1.54) is 6.20 Å². The Morgan fingerprint density at radius 1 is 1.35 bits per heavy atom. The average Bonchev–Trinajstić information content (AvgIpc) is 3.03. The second kappa shape index (κ2) is 6.04. The summed E-state index contributed by atoms with van der Waals surface area (Å²) < 4.78 is 65.4. The first kappa shape index (κ1) is 16.1. The predicted octanol–water partition coefficient (Wildman–Crippen LogP) is 3.31. The Labute approximate surface area is 133 Å². The Balaban J connectivity index is 1.76. The first-order valence-corrected chi connectivity index (χ1v) is 9.06. The Hall–Kier alpha value is -1.75. The van der Waals surface area contributed by atoms with E-state index < -0.39 is 33.9 Å². The quantitative estimate of drug-likeness (QED) is 0.781. The van der Waals surface area contributed by atoms with Gasteiger partial charge in [0.1, 0.15) is 0 Å². The van der Waals surface area contributed by atoms with Crippen molar-refractivity contribution >= 4 is 21.2 Å². The number of sulfone groups is 1. The third-order valence-electron chi connectivity index (χ3n) is 3.13.